The molecule has 2 aromatic carbocycles. The molecular formula is C22H29NO6S. The standard InChI is InChI=1S/C22H29NO6S/c1-15-6-12-19(13-7-15)30(26,27)28-14-20(24)18-10-8-17(9-11-18)16(2)23-21(25)29-22(3,4)5/h6-13,16,20,24H,14H2,1-5H3,(H,23,25)/t16-,20?/m0/s1. The second-order valence-electron chi connectivity index (χ2n) is 8.10. The third-order valence-electron chi connectivity index (χ3n) is 4.25. The number of rotatable bonds is 7. The van der Waals surface area contributed by atoms with Gasteiger partial charge in [-0.3, -0.25) is 4.18 Å². The first-order valence-electron chi connectivity index (χ1n) is 9.61. The van der Waals surface area contributed by atoms with Crippen LogP contribution in [0.1, 0.15) is 56.5 Å². The van der Waals surface area contributed by atoms with E-state index in [0.717, 1.165) is 11.1 Å². The normalized spacial score (nSPS) is 14.1. The monoisotopic (exact) mass is 435 g/mol. The summed E-state index contributed by atoms with van der Waals surface area (Å²) in [5.74, 6) is 0. The molecule has 0 radical (unpaired) electrons. The third-order valence-corrected chi connectivity index (χ3v) is 5.54. The summed E-state index contributed by atoms with van der Waals surface area (Å²) in [6.45, 7) is 8.63. The Hall–Kier alpha value is -2.42. The number of alkyl carbamates (subject to hydrolysis) is 1. The number of nitrogens with one attached hydrogen (secondary N) is 1. The average molecular weight is 436 g/mol. The molecule has 0 aromatic heterocycles. The van der Waals surface area contributed by atoms with Crippen molar-refractivity contribution in [2.24, 2.45) is 0 Å². The van der Waals surface area contributed by atoms with Gasteiger partial charge in [0.25, 0.3) is 10.1 Å². The summed E-state index contributed by atoms with van der Waals surface area (Å²) in [7, 11) is -3.95. The molecule has 0 spiro atoms. The number of benzene rings is 2. The number of carbonyl (C=O) groups excluding carboxylic acids is 1. The van der Waals surface area contributed by atoms with Crippen LogP contribution < -0.4 is 5.32 Å². The first kappa shape index (κ1) is 23.9. The van der Waals surface area contributed by atoms with E-state index in [1.807, 2.05) is 13.8 Å². The van der Waals surface area contributed by atoms with E-state index in [0.29, 0.717) is 5.56 Å². The molecule has 0 fully saturated rings. The van der Waals surface area contributed by atoms with Crippen LogP contribution in [-0.2, 0) is 19.0 Å². The molecule has 164 valence electrons. The lowest BCUT2D eigenvalue weighted by Gasteiger charge is -2.22. The number of carbonyl (C=O) groups is 1. The summed E-state index contributed by atoms with van der Waals surface area (Å²) in [5.41, 5.74) is 1.66. The summed E-state index contributed by atoms with van der Waals surface area (Å²) in [5, 5.41) is 13.0. The molecule has 7 nitrogen and oxygen atoms in total. The van der Waals surface area contributed by atoms with Crippen LogP contribution in [-0.4, -0.2) is 31.8 Å². The summed E-state index contributed by atoms with van der Waals surface area (Å²) < 4.78 is 34.7. The maximum Gasteiger partial charge on any atom is 0.408 e. The highest BCUT2D eigenvalue weighted by atomic mass is 32.2. The molecule has 1 unspecified atom stereocenters. The molecule has 0 saturated carbocycles. The Morgan fingerprint density at radius 1 is 1.03 bits per heavy atom. The summed E-state index contributed by atoms with van der Waals surface area (Å²) in [4.78, 5) is 11.9. The highest BCUT2D eigenvalue weighted by Crippen LogP contribution is 2.21. The molecule has 2 N–H and O–H groups in total. The zero-order chi connectivity index (χ0) is 22.5. The van der Waals surface area contributed by atoms with E-state index in [4.69, 9.17) is 8.92 Å². The van der Waals surface area contributed by atoms with Crippen LogP contribution in [0.25, 0.3) is 0 Å². The molecular weight excluding hydrogens is 406 g/mol. The Balaban J connectivity index is 1.95. The number of hydrogen-bond donors (Lipinski definition) is 2. The van der Waals surface area contributed by atoms with E-state index in [9.17, 15) is 18.3 Å². The molecule has 30 heavy (non-hydrogen) atoms. The van der Waals surface area contributed by atoms with E-state index < -0.39 is 34.5 Å². The quantitative estimate of drug-likeness (QED) is 0.637. The Morgan fingerprint density at radius 3 is 2.10 bits per heavy atom. The molecule has 0 aliphatic heterocycles. The molecule has 0 aliphatic rings. The molecule has 8 heteroatoms. The van der Waals surface area contributed by atoms with Crippen molar-refractivity contribution < 1.29 is 27.2 Å². The van der Waals surface area contributed by atoms with Gasteiger partial charge in [-0.05, 0) is 57.9 Å². The zero-order valence-corrected chi connectivity index (χ0v) is 18.7. The van der Waals surface area contributed by atoms with E-state index >= 15 is 0 Å². The number of amides is 1. The van der Waals surface area contributed by atoms with Gasteiger partial charge in [0.05, 0.1) is 17.5 Å². The van der Waals surface area contributed by atoms with Crippen LogP contribution in [0, 0.1) is 6.92 Å². The Kier molecular flexibility index (Phi) is 7.63. The van der Waals surface area contributed by atoms with Crippen LogP contribution in [0.15, 0.2) is 53.4 Å². The lowest BCUT2D eigenvalue weighted by atomic mass is 10.0. The summed E-state index contributed by atoms with van der Waals surface area (Å²) >= 11 is 0. The highest BCUT2D eigenvalue weighted by Gasteiger charge is 2.20. The minimum atomic E-state index is -3.95. The van der Waals surface area contributed by atoms with Crippen LogP contribution in [0.2, 0.25) is 0 Å². The molecule has 0 bridgehead atoms. The number of ether oxygens (including phenoxy) is 1. The lowest BCUT2D eigenvalue weighted by molar-refractivity contribution is 0.0508. The van der Waals surface area contributed by atoms with E-state index in [1.54, 1.807) is 57.2 Å². The predicted molar refractivity (Wildman–Crippen MR) is 114 cm³/mol. The second kappa shape index (κ2) is 9.59. The van der Waals surface area contributed by atoms with Crippen LogP contribution in [0.3, 0.4) is 0 Å². The third kappa shape index (κ3) is 7.12. The number of aliphatic hydroxyl groups is 1. The van der Waals surface area contributed by atoms with Crippen molar-refractivity contribution in [3.8, 4) is 0 Å². The molecule has 2 atom stereocenters. The first-order chi connectivity index (χ1) is 13.9. The van der Waals surface area contributed by atoms with Gasteiger partial charge in [-0.2, -0.15) is 8.42 Å². The van der Waals surface area contributed by atoms with Gasteiger partial charge in [-0.25, -0.2) is 4.79 Å². The average Bonchev–Trinajstić information content (AvgIpc) is 2.65. The van der Waals surface area contributed by atoms with Crippen LogP contribution in [0.5, 0.6) is 0 Å². The van der Waals surface area contributed by atoms with Gasteiger partial charge in [0.15, 0.2) is 0 Å². The van der Waals surface area contributed by atoms with Gasteiger partial charge in [0.1, 0.15) is 11.7 Å². The Labute approximate surface area is 178 Å². The minimum Gasteiger partial charge on any atom is -0.444 e. The first-order valence-corrected chi connectivity index (χ1v) is 11.0. The highest BCUT2D eigenvalue weighted by molar-refractivity contribution is 7.86. The number of hydrogen-bond acceptors (Lipinski definition) is 6. The fraction of sp³-hybridized carbons (Fsp3) is 0.409. The second-order valence-corrected chi connectivity index (χ2v) is 9.72. The minimum absolute atomic E-state index is 0.0395. The number of aryl methyl sites for hydroxylation is 1. The molecule has 0 heterocycles. The van der Waals surface area contributed by atoms with Gasteiger partial charge >= 0.3 is 6.09 Å². The van der Waals surface area contributed by atoms with Gasteiger partial charge in [-0.1, -0.05) is 42.0 Å². The van der Waals surface area contributed by atoms with Crippen LogP contribution >= 0.6 is 0 Å². The van der Waals surface area contributed by atoms with Gasteiger partial charge in [0.2, 0.25) is 0 Å². The maximum absolute atomic E-state index is 12.2. The molecule has 2 aromatic rings. The lowest BCUT2D eigenvalue weighted by Crippen LogP contribution is -2.34. The van der Waals surface area contributed by atoms with E-state index in [-0.39, 0.29) is 10.9 Å². The Morgan fingerprint density at radius 2 is 1.57 bits per heavy atom. The predicted octanol–water partition coefficient (Wildman–Crippen LogP) is 4.02. The molecule has 0 saturated heterocycles. The van der Waals surface area contributed by atoms with Crippen molar-refractivity contribution in [3.05, 3.63) is 65.2 Å². The molecule has 1 amide bonds. The van der Waals surface area contributed by atoms with Crippen molar-refractivity contribution in [1.82, 2.24) is 5.32 Å². The summed E-state index contributed by atoms with van der Waals surface area (Å²) in [6, 6.07) is 12.8. The fourth-order valence-electron chi connectivity index (χ4n) is 2.60. The zero-order valence-electron chi connectivity index (χ0n) is 17.9. The van der Waals surface area contributed by atoms with E-state index in [2.05, 4.69) is 5.32 Å². The van der Waals surface area contributed by atoms with Crippen molar-refractivity contribution in [1.29, 1.82) is 0 Å². The maximum atomic E-state index is 12.2. The Bertz CT molecular complexity index is 947. The SMILES string of the molecule is Cc1ccc(S(=O)(=O)OCC(O)c2ccc([C@H](C)NC(=O)OC(C)(C)C)cc2)cc1. The van der Waals surface area contributed by atoms with Crippen LogP contribution in [0.4, 0.5) is 4.79 Å². The largest absolute Gasteiger partial charge is 0.444 e. The fourth-order valence-corrected chi connectivity index (χ4v) is 3.51. The van der Waals surface area contributed by atoms with Gasteiger partial charge in [-0.15, -0.1) is 0 Å². The van der Waals surface area contributed by atoms with Gasteiger partial charge < -0.3 is 15.2 Å². The number of aliphatic hydroxyl groups excluding tert-OH is 1. The smallest absolute Gasteiger partial charge is 0.408 e. The molecule has 0 aliphatic carbocycles. The van der Waals surface area contributed by atoms with Crippen molar-refractivity contribution in [2.45, 2.75) is 57.3 Å². The topological polar surface area (TPSA) is 102 Å². The van der Waals surface area contributed by atoms with Crippen molar-refractivity contribution in [3.63, 3.8) is 0 Å². The molecule has 2 rings (SSSR count). The van der Waals surface area contributed by atoms with Gasteiger partial charge in [0, 0.05) is 0 Å². The van der Waals surface area contributed by atoms with E-state index in [1.165, 1.54) is 12.1 Å². The summed E-state index contributed by atoms with van der Waals surface area (Å²) in [6.07, 6.45) is -1.64. The van der Waals surface area contributed by atoms with Crippen molar-refractivity contribution in [2.75, 3.05) is 6.61 Å². The van der Waals surface area contributed by atoms with Crippen molar-refractivity contribution >= 4 is 16.2 Å².